The van der Waals surface area contributed by atoms with Crippen molar-refractivity contribution in [2.75, 3.05) is 13.2 Å². The molecule has 3 aliphatic heterocycles. The molecule has 0 N–H and O–H groups in total. The van der Waals surface area contributed by atoms with Crippen LogP contribution in [0.3, 0.4) is 0 Å². The standard InChI is InChI=1S/C14H10O.C2H4O/c1-2-6-10-9(5-1)13-11-7-3-4-8-12(11)14(10)15-13;1-2-3-1/h1-8,13-14H;1-2H2. The average molecular weight is 238 g/mol. The van der Waals surface area contributed by atoms with Gasteiger partial charge in [-0.15, -0.1) is 0 Å². The van der Waals surface area contributed by atoms with Crippen LogP contribution in [0, 0.1) is 0 Å². The molecule has 0 saturated carbocycles. The first-order valence-electron chi connectivity index (χ1n) is 6.36. The van der Waals surface area contributed by atoms with Gasteiger partial charge < -0.3 is 9.47 Å². The third-order valence-electron chi connectivity index (χ3n) is 3.60. The summed E-state index contributed by atoms with van der Waals surface area (Å²) < 4.78 is 10.5. The van der Waals surface area contributed by atoms with Gasteiger partial charge in [-0.3, -0.25) is 0 Å². The van der Waals surface area contributed by atoms with Gasteiger partial charge in [-0.2, -0.15) is 0 Å². The molecule has 2 nitrogen and oxygen atoms in total. The lowest BCUT2D eigenvalue weighted by Crippen LogP contribution is -2.01. The first-order valence-corrected chi connectivity index (χ1v) is 6.36. The second kappa shape index (κ2) is 3.94. The highest BCUT2D eigenvalue weighted by molar-refractivity contribution is 5.53. The molecule has 5 rings (SSSR count). The van der Waals surface area contributed by atoms with E-state index < -0.39 is 0 Å². The number of ether oxygens (including phenoxy) is 2. The molecular formula is C16H14O2. The zero-order valence-electron chi connectivity index (χ0n) is 10.0. The summed E-state index contributed by atoms with van der Waals surface area (Å²) in [7, 11) is 0. The van der Waals surface area contributed by atoms with Gasteiger partial charge in [0.1, 0.15) is 12.2 Å². The summed E-state index contributed by atoms with van der Waals surface area (Å²) >= 11 is 0. The predicted octanol–water partition coefficient (Wildman–Crippen LogP) is 3.23. The van der Waals surface area contributed by atoms with Gasteiger partial charge in [0, 0.05) is 0 Å². The van der Waals surface area contributed by atoms with E-state index in [0.717, 1.165) is 13.2 Å². The molecule has 3 aliphatic rings. The maximum Gasteiger partial charge on any atom is 0.110 e. The summed E-state index contributed by atoms with van der Waals surface area (Å²) in [6.07, 6.45) is 0.366. The van der Waals surface area contributed by atoms with Crippen molar-refractivity contribution in [2.45, 2.75) is 12.2 Å². The number of benzene rings is 2. The molecule has 0 atom stereocenters. The van der Waals surface area contributed by atoms with Gasteiger partial charge in [-0.25, -0.2) is 0 Å². The molecule has 0 radical (unpaired) electrons. The molecule has 1 saturated heterocycles. The maximum absolute atomic E-state index is 6.01. The van der Waals surface area contributed by atoms with Gasteiger partial charge in [-0.05, 0) is 22.3 Å². The molecule has 90 valence electrons. The number of fused-ring (bicyclic) bond motifs is 8. The molecular weight excluding hydrogens is 224 g/mol. The van der Waals surface area contributed by atoms with E-state index in [-0.39, 0.29) is 12.2 Å². The van der Waals surface area contributed by atoms with E-state index in [0.29, 0.717) is 0 Å². The van der Waals surface area contributed by atoms with Gasteiger partial charge in [0.25, 0.3) is 0 Å². The maximum atomic E-state index is 6.01. The lowest BCUT2D eigenvalue weighted by Gasteiger charge is -2.14. The molecule has 2 aromatic carbocycles. The minimum absolute atomic E-state index is 0.183. The van der Waals surface area contributed by atoms with Crippen LogP contribution in [0.2, 0.25) is 0 Å². The SMILES string of the molecule is C1CO1.c1ccc2c(c1)C1OC2c2ccccc21. The Morgan fingerprint density at radius 2 is 1.00 bits per heavy atom. The fourth-order valence-electron chi connectivity index (χ4n) is 2.74. The van der Waals surface area contributed by atoms with Crippen LogP contribution in [0.4, 0.5) is 0 Å². The Morgan fingerprint density at radius 1 is 0.667 bits per heavy atom. The Kier molecular flexibility index (Phi) is 2.25. The predicted molar refractivity (Wildman–Crippen MR) is 68.5 cm³/mol. The van der Waals surface area contributed by atoms with Crippen LogP contribution in [0.5, 0.6) is 0 Å². The summed E-state index contributed by atoms with van der Waals surface area (Å²) in [5.41, 5.74) is 5.39. The van der Waals surface area contributed by atoms with Crippen molar-refractivity contribution >= 4 is 0 Å². The Bertz CT molecular complexity index is 491. The van der Waals surface area contributed by atoms with Crippen molar-refractivity contribution in [3.8, 4) is 0 Å². The highest BCUT2D eigenvalue weighted by Gasteiger charge is 2.41. The summed E-state index contributed by atoms with van der Waals surface area (Å²) in [5, 5.41) is 0. The van der Waals surface area contributed by atoms with E-state index in [4.69, 9.17) is 4.74 Å². The van der Waals surface area contributed by atoms with Crippen LogP contribution < -0.4 is 0 Å². The fourth-order valence-corrected chi connectivity index (χ4v) is 2.74. The molecule has 0 unspecified atom stereocenters. The molecule has 0 spiro atoms. The van der Waals surface area contributed by atoms with Crippen LogP contribution in [0.25, 0.3) is 0 Å². The fraction of sp³-hybridized carbons (Fsp3) is 0.250. The second-order valence-electron chi connectivity index (χ2n) is 4.77. The van der Waals surface area contributed by atoms with Crippen molar-refractivity contribution < 1.29 is 9.47 Å². The lowest BCUT2D eigenvalue weighted by atomic mass is 9.86. The topological polar surface area (TPSA) is 21.8 Å². The zero-order chi connectivity index (χ0) is 11.9. The number of epoxide rings is 1. The van der Waals surface area contributed by atoms with Crippen LogP contribution in [-0.4, -0.2) is 13.2 Å². The normalized spacial score (nSPS) is 24.9. The summed E-state index contributed by atoms with van der Waals surface area (Å²) in [6, 6.07) is 17.1. The van der Waals surface area contributed by atoms with Crippen LogP contribution in [0.15, 0.2) is 48.5 Å². The van der Waals surface area contributed by atoms with E-state index in [1.54, 1.807) is 0 Å². The minimum atomic E-state index is 0.183. The van der Waals surface area contributed by atoms with E-state index in [1.807, 2.05) is 0 Å². The highest BCUT2D eigenvalue weighted by Crippen LogP contribution is 2.53. The molecule has 0 amide bonds. The Hall–Kier alpha value is -1.64. The van der Waals surface area contributed by atoms with Crippen molar-refractivity contribution in [1.29, 1.82) is 0 Å². The lowest BCUT2D eigenvalue weighted by molar-refractivity contribution is 0.0857. The Labute approximate surface area is 106 Å². The molecule has 2 heteroatoms. The summed E-state index contributed by atoms with van der Waals surface area (Å²) in [6.45, 7) is 2.00. The average Bonchev–Trinajstić information content (AvgIpc) is 3.21. The van der Waals surface area contributed by atoms with E-state index in [2.05, 4.69) is 53.3 Å². The van der Waals surface area contributed by atoms with Crippen molar-refractivity contribution in [2.24, 2.45) is 0 Å². The molecule has 0 aliphatic carbocycles. The third kappa shape index (κ3) is 1.50. The molecule has 2 bridgehead atoms. The number of hydrogen-bond donors (Lipinski definition) is 0. The minimum Gasteiger partial charge on any atom is -0.377 e. The van der Waals surface area contributed by atoms with Crippen LogP contribution in [0.1, 0.15) is 34.5 Å². The van der Waals surface area contributed by atoms with Gasteiger partial charge in [0.05, 0.1) is 13.2 Å². The van der Waals surface area contributed by atoms with Gasteiger partial charge in [0.2, 0.25) is 0 Å². The first kappa shape index (κ1) is 10.3. The highest BCUT2D eigenvalue weighted by atomic mass is 16.6. The van der Waals surface area contributed by atoms with E-state index in [1.165, 1.54) is 22.3 Å². The quantitative estimate of drug-likeness (QED) is 0.657. The van der Waals surface area contributed by atoms with Crippen molar-refractivity contribution in [3.63, 3.8) is 0 Å². The smallest absolute Gasteiger partial charge is 0.110 e. The van der Waals surface area contributed by atoms with E-state index >= 15 is 0 Å². The summed E-state index contributed by atoms with van der Waals surface area (Å²) in [4.78, 5) is 0. The monoisotopic (exact) mass is 238 g/mol. The van der Waals surface area contributed by atoms with Crippen LogP contribution >= 0.6 is 0 Å². The number of hydrogen-bond acceptors (Lipinski definition) is 2. The summed E-state index contributed by atoms with van der Waals surface area (Å²) in [5.74, 6) is 0. The van der Waals surface area contributed by atoms with Crippen molar-refractivity contribution in [1.82, 2.24) is 0 Å². The Balaban J connectivity index is 0.000000260. The third-order valence-corrected chi connectivity index (χ3v) is 3.60. The van der Waals surface area contributed by atoms with Gasteiger partial charge in [-0.1, -0.05) is 48.5 Å². The zero-order valence-corrected chi connectivity index (χ0v) is 10.0. The molecule has 18 heavy (non-hydrogen) atoms. The largest absolute Gasteiger partial charge is 0.377 e. The van der Waals surface area contributed by atoms with Gasteiger partial charge in [0.15, 0.2) is 0 Å². The van der Waals surface area contributed by atoms with Gasteiger partial charge >= 0.3 is 0 Å². The second-order valence-corrected chi connectivity index (χ2v) is 4.77. The molecule has 2 aromatic rings. The molecule has 0 aromatic heterocycles. The van der Waals surface area contributed by atoms with E-state index in [9.17, 15) is 0 Å². The van der Waals surface area contributed by atoms with Crippen molar-refractivity contribution in [3.05, 3.63) is 70.8 Å². The number of rotatable bonds is 0. The first-order chi connectivity index (χ1) is 8.95. The molecule has 3 heterocycles. The van der Waals surface area contributed by atoms with Crippen LogP contribution in [-0.2, 0) is 9.47 Å². The Morgan fingerprint density at radius 3 is 1.28 bits per heavy atom. The molecule has 1 fully saturated rings.